The normalized spacial score (nSPS) is 14.8. The molecule has 0 spiro atoms. The van der Waals surface area contributed by atoms with Crippen molar-refractivity contribution in [1.82, 2.24) is 9.97 Å². The molecule has 0 bridgehead atoms. The number of hydrogen-bond donors (Lipinski definition) is 2. The van der Waals surface area contributed by atoms with Gasteiger partial charge < -0.3 is 15.3 Å². The Morgan fingerprint density at radius 3 is 2.70 bits per heavy atom. The van der Waals surface area contributed by atoms with Gasteiger partial charge in [-0.1, -0.05) is 6.07 Å². The molecule has 9 heteroatoms. The van der Waals surface area contributed by atoms with Crippen molar-refractivity contribution in [3.05, 3.63) is 65.5 Å². The van der Waals surface area contributed by atoms with Crippen LogP contribution in [0.4, 0.5) is 15.8 Å². The molecule has 2 aromatic heterocycles. The number of carbonyl (C=O) groups is 3. The van der Waals surface area contributed by atoms with Gasteiger partial charge in [-0.3, -0.25) is 19.4 Å². The molecule has 168 valence electrons. The maximum atomic E-state index is 15.0. The summed E-state index contributed by atoms with van der Waals surface area (Å²) < 4.78 is 15.0. The van der Waals surface area contributed by atoms with Gasteiger partial charge in [-0.25, -0.2) is 4.98 Å². The monoisotopic (exact) mass is 448 g/mol. The SMILES string of the molecule is CC(=O)c1ccc(NC(=O)CN2C(=O)C(C)c3ncccc3-c3c2cc(C)nc3F)cc1O. The zero-order valence-electron chi connectivity index (χ0n) is 18.2. The van der Waals surface area contributed by atoms with Crippen molar-refractivity contribution in [3.8, 4) is 16.9 Å². The van der Waals surface area contributed by atoms with Crippen LogP contribution in [0.5, 0.6) is 5.75 Å². The van der Waals surface area contributed by atoms with Crippen molar-refractivity contribution in [2.45, 2.75) is 26.7 Å². The van der Waals surface area contributed by atoms with E-state index in [1.54, 1.807) is 32.0 Å². The lowest BCUT2D eigenvalue weighted by molar-refractivity contribution is -0.122. The summed E-state index contributed by atoms with van der Waals surface area (Å²) in [7, 11) is 0. The number of halogens is 1. The Bertz CT molecular complexity index is 1310. The molecule has 2 N–H and O–H groups in total. The van der Waals surface area contributed by atoms with Crippen molar-refractivity contribution < 1.29 is 23.9 Å². The Labute approximate surface area is 189 Å². The summed E-state index contributed by atoms with van der Waals surface area (Å²) in [5, 5.41) is 12.6. The van der Waals surface area contributed by atoms with Crippen molar-refractivity contribution in [1.29, 1.82) is 0 Å². The molecule has 0 aliphatic carbocycles. The number of phenols is 1. The molecule has 3 aromatic rings. The van der Waals surface area contributed by atoms with Crippen LogP contribution in [0, 0.1) is 12.9 Å². The van der Waals surface area contributed by atoms with E-state index in [0.717, 1.165) is 0 Å². The molecule has 8 nitrogen and oxygen atoms in total. The number of fused-ring (bicyclic) bond motifs is 3. The third-order valence-electron chi connectivity index (χ3n) is 5.49. The van der Waals surface area contributed by atoms with Gasteiger partial charge in [0.25, 0.3) is 0 Å². The molecule has 1 aliphatic rings. The second kappa shape index (κ2) is 8.42. The van der Waals surface area contributed by atoms with Gasteiger partial charge in [0.1, 0.15) is 12.3 Å². The molecule has 0 saturated heterocycles. The van der Waals surface area contributed by atoms with E-state index in [1.165, 1.54) is 36.2 Å². The molecular formula is C24H21FN4O4. The van der Waals surface area contributed by atoms with E-state index in [0.29, 0.717) is 17.0 Å². The Morgan fingerprint density at radius 1 is 1.24 bits per heavy atom. The number of pyridine rings is 2. The van der Waals surface area contributed by atoms with Crippen LogP contribution in [-0.4, -0.2) is 39.2 Å². The maximum Gasteiger partial charge on any atom is 0.244 e. The molecule has 33 heavy (non-hydrogen) atoms. The smallest absolute Gasteiger partial charge is 0.244 e. The van der Waals surface area contributed by atoms with E-state index in [-0.39, 0.29) is 34.0 Å². The van der Waals surface area contributed by atoms with Gasteiger partial charge in [-0.2, -0.15) is 4.39 Å². The molecule has 1 atom stereocenters. The molecule has 0 fully saturated rings. The zero-order chi connectivity index (χ0) is 23.9. The van der Waals surface area contributed by atoms with Gasteiger partial charge in [0.2, 0.25) is 17.8 Å². The van der Waals surface area contributed by atoms with Crippen molar-refractivity contribution in [2.24, 2.45) is 0 Å². The highest BCUT2D eigenvalue weighted by Gasteiger charge is 2.35. The second-order valence-corrected chi connectivity index (χ2v) is 7.87. The first-order valence-corrected chi connectivity index (χ1v) is 10.2. The summed E-state index contributed by atoms with van der Waals surface area (Å²) in [5.74, 6) is -3.04. The highest BCUT2D eigenvalue weighted by Crippen LogP contribution is 2.41. The second-order valence-electron chi connectivity index (χ2n) is 7.87. The fourth-order valence-electron chi connectivity index (χ4n) is 3.94. The van der Waals surface area contributed by atoms with E-state index < -0.39 is 30.2 Å². The van der Waals surface area contributed by atoms with Crippen LogP contribution >= 0.6 is 0 Å². The number of nitrogens with zero attached hydrogens (tertiary/aromatic N) is 3. The number of aromatic nitrogens is 2. The first-order chi connectivity index (χ1) is 15.7. The van der Waals surface area contributed by atoms with E-state index in [2.05, 4.69) is 15.3 Å². The largest absolute Gasteiger partial charge is 0.507 e. The van der Waals surface area contributed by atoms with Crippen LogP contribution in [0.15, 0.2) is 42.6 Å². The highest BCUT2D eigenvalue weighted by atomic mass is 19.1. The summed E-state index contributed by atoms with van der Waals surface area (Å²) in [4.78, 5) is 47.1. The number of benzene rings is 1. The molecule has 0 saturated carbocycles. The summed E-state index contributed by atoms with van der Waals surface area (Å²) >= 11 is 0. The topological polar surface area (TPSA) is 112 Å². The van der Waals surface area contributed by atoms with Gasteiger partial charge in [0.05, 0.1) is 28.4 Å². The van der Waals surface area contributed by atoms with Crippen LogP contribution < -0.4 is 10.2 Å². The lowest BCUT2D eigenvalue weighted by Crippen LogP contribution is -2.40. The van der Waals surface area contributed by atoms with Crippen molar-refractivity contribution in [2.75, 3.05) is 16.8 Å². The number of anilines is 2. The van der Waals surface area contributed by atoms with Gasteiger partial charge in [0, 0.05) is 29.2 Å². The standard InChI is InChI=1S/C24H21FN4O4/c1-12-9-18-21(23(25)27-12)17-5-4-8-26-22(17)13(2)24(33)29(18)11-20(32)28-15-6-7-16(14(3)30)19(31)10-15/h4-10,13,31H,11H2,1-3H3,(H,28,32). The average Bonchev–Trinajstić information content (AvgIpc) is 2.83. The van der Waals surface area contributed by atoms with Crippen molar-refractivity contribution >= 4 is 29.0 Å². The van der Waals surface area contributed by atoms with Crippen molar-refractivity contribution in [3.63, 3.8) is 0 Å². The van der Waals surface area contributed by atoms with Gasteiger partial charge in [0.15, 0.2) is 5.78 Å². The van der Waals surface area contributed by atoms with E-state index >= 15 is 4.39 Å². The summed E-state index contributed by atoms with van der Waals surface area (Å²) in [6.45, 7) is 4.17. The highest BCUT2D eigenvalue weighted by molar-refractivity contribution is 6.09. The molecule has 3 heterocycles. The Morgan fingerprint density at radius 2 is 2.00 bits per heavy atom. The van der Waals surface area contributed by atoms with Crippen LogP contribution in [0.2, 0.25) is 0 Å². The number of hydrogen-bond acceptors (Lipinski definition) is 6. The van der Waals surface area contributed by atoms with E-state index in [9.17, 15) is 19.5 Å². The minimum atomic E-state index is -0.753. The number of rotatable bonds is 4. The molecule has 1 aromatic carbocycles. The third kappa shape index (κ3) is 4.05. The number of phenolic OH excluding ortho intramolecular Hbond substituents is 1. The Kier molecular flexibility index (Phi) is 5.63. The summed E-state index contributed by atoms with van der Waals surface area (Å²) in [5.41, 5.74) is 1.93. The number of ketones is 1. The van der Waals surface area contributed by atoms with E-state index in [1.807, 2.05) is 0 Å². The minimum absolute atomic E-state index is 0.109. The van der Waals surface area contributed by atoms with Gasteiger partial charge >= 0.3 is 0 Å². The minimum Gasteiger partial charge on any atom is -0.507 e. The first kappa shape index (κ1) is 22.1. The molecule has 2 amide bonds. The Balaban J connectivity index is 1.71. The maximum absolute atomic E-state index is 15.0. The zero-order valence-corrected chi connectivity index (χ0v) is 18.2. The number of amides is 2. The molecule has 1 aliphatic heterocycles. The fraction of sp³-hybridized carbons (Fsp3) is 0.208. The number of carbonyl (C=O) groups excluding carboxylic acids is 3. The number of aromatic hydroxyl groups is 1. The van der Waals surface area contributed by atoms with Gasteiger partial charge in [-0.05, 0) is 45.0 Å². The lowest BCUT2D eigenvalue weighted by Gasteiger charge is -2.24. The Hall–Kier alpha value is -4.14. The predicted octanol–water partition coefficient (Wildman–Crippen LogP) is 3.59. The first-order valence-electron chi connectivity index (χ1n) is 10.2. The quantitative estimate of drug-likeness (QED) is 0.466. The molecule has 4 rings (SSSR count). The third-order valence-corrected chi connectivity index (χ3v) is 5.49. The predicted molar refractivity (Wildman–Crippen MR) is 120 cm³/mol. The molecule has 1 unspecified atom stereocenters. The summed E-state index contributed by atoms with van der Waals surface area (Å²) in [6, 6.07) is 9.01. The molecule has 0 radical (unpaired) electrons. The number of Topliss-reactive ketones (excluding diaryl/α,β-unsaturated/α-hetero) is 1. The summed E-state index contributed by atoms with van der Waals surface area (Å²) in [6.07, 6.45) is 1.53. The lowest BCUT2D eigenvalue weighted by atomic mass is 9.98. The van der Waals surface area contributed by atoms with Crippen LogP contribution in [0.1, 0.15) is 41.5 Å². The molecular weight excluding hydrogens is 427 g/mol. The van der Waals surface area contributed by atoms with Crippen LogP contribution in [0.25, 0.3) is 11.1 Å². The fourth-order valence-corrected chi connectivity index (χ4v) is 3.94. The average molecular weight is 448 g/mol. The van der Waals surface area contributed by atoms with Crippen LogP contribution in [0.3, 0.4) is 0 Å². The number of nitrogens with one attached hydrogen (secondary N) is 1. The number of aryl methyl sites for hydroxylation is 1. The van der Waals surface area contributed by atoms with Gasteiger partial charge in [-0.15, -0.1) is 0 Å². The van der Waals surface area contributed by atoms with E-state index in [4.69, 9.17) is 0 Å². The van der Waals surface area contributed by atoms with Crippen LogP contribution in [-0.2, 0) is 9.59 Å².